The van der Waals surface area contributed by atoms with Gasteiger partial charge in [-0.15, -0.1) is 11.6 Å². The minimum Gasteiger partial charge on any atom is -0.322 e. The van der Waals surface area contributed by atoms with Crippen LogP contribution in [0.2, 0.25) is 0 Å². The summed E-state index contributed by atoms with van der Waals surface area (Å²) < 4.78 is 25.6. The Labute approximate surface area is 195 Å². The Morgan fingerprint density at radius 3 is 2.09 bits per heavy atom. The molecule has 4 aliphatic carbocycles. The van der Waals surface area contributed by atoms with E-state index in [9.17, 15) is 13.2 Å². The number of hydrogen-bond donors (Lipinski definition) is 1. The maximum Gasteiger partial charge on any atom is 0.255 e. The average molecular weight is 473 g/mol. The minimum atomic E-state index is -3.51. The first-order chi connectivity index (χ1) is 15.1. The molecular weight excluding hydrogens is 444 g/mol. The molecule has 0 radical (unpaired) electrons. The fourth-order valence-electron chi connectivity index (χ4n) is 6.59. The number of carbonyl (C=O) groups is 1. The Kier molecular flexibility index (Phi) is 5.19. The smallest absolute Gasteiger partial charge is 0.255 e. The molecule has 5 nitrogen and oxygen atoms in total. The zero-order chi connectivity index (χ0) is 22.7. The topological polar surface area (TPSA) is 66.5 Å². The van der Waals surface area contributed by atoms with E-state index in [1.165, 1.54) is 63.2 Å². The first-order valence-corrected chi connectivity index (χ1v) is 13.0. The number of amides is 1. The van der Waals surface area contributed by atoms with Gasteiger partial charge in [-0.05, 0) is 97.7 Å². The Morgan fingerprint density at radius 1 is 0.969 bits per heavy atom. The van der Waals surface area contributed by atoms with Crippen LogP contribution in [0.15, 0.2) is 53.4 Å². The second kappa shape index (κ2) is 7.57. The molecule has 7 heteroatoms. The lowest BCUT2D eigenvalue weighted by atomic mass is 9.47. The van der Waals surface area contributed by atoms with Gasteiger partial charge in [0, 0.05) is 30.2 Å². The molecule has 0 saturated heterocycles. The second-order valence-electron chi connectivity index (χ2n) is 10.2. The molecule has 4 bridgehead atoms. The molecule has 2 aromatic rings. The molecule has 2 atom stereocenters. The molecule has 1 N–H and O–H groups in total. The lowest BCUT2D eigenvalue weighted by Gasteiger charge is -2.60. The fraction of sp³-hybridized carbons (Fsp3) is 0.480. The summed E-state index contributed by atoms with van der Waals surface area (Å²) in [6, 6.07) is 14.2. The van der Waals surface area contributed by atoms with Crippen molar-refractivity contribution in [1.29, 1.82) is 0 Å². The molecule has 1 amide bonds. The quantitative estimate of drug-likeness (QED) is 0.621. The van der Waals surface area contributed by atoms with E-state index in [1.807, 2.05) is 12.1 Å². The summed E-state index contributed by atoms with van der Waals surface area (Å²) >= 11 is 7.00. The van der Waals surface area contributed by atoms with Crippen LogP contribution in [0.1, 0.15) is 54.4 Å². The van der Waals surface area contributed by atoms with Crippen molar-refractivity contribution in [3.05, 3.63) is 59.7 Å². The summed E-state index contributed by atoms with van der Waals surface area (Å²) in [5.74, 6) is 1.22. The second-order valence-corrected chi connectivity index (χ2v) is 13.2. The summed E-state index contributed by atoms with van der Waals surface area (Å²) in [4.78, 5) is 12.8. The summed E-state index contributed by atoms with van der Waals surface area (Å²) in [6.07, 6.45) is 7.17. The van der Waals surface area contributed by atoms with Gasteiger partial charge in [0.25, 0.3) is 5.91 Å². The van der Waals surface area contributed by atoms with E-state index < -0.39 is 10.0 Å². The first-order valence-electron chi connectivity index (χ1n) is 11.2. The van der Waals surface area contributed by atoms with Gasteiger partial charge >= 0.3 is 0 Å². The zero-order valence-corrected chi connectivity index (χ0v) is 20.0. The number of alkyl halides is 1. The molecule has 0 spiro atoms. The van der Waals surface area contributed by atoms with E-state index in [0.717, 1.165) is 41.1 Å². The van der Waals surface area contributed by atoms with Crippen molar-refractivity contribution in [2.75, 3.05) is 19.4 Å². The summed E-state index contributed by atoms with van der Waals surface area (Å²) in [5.41, 5.74) is 2.67. The molecule has 4 saturated carbocycles. The van der Waals surface area contributed by atoms with Crippen LogP contribution in [0.4, 0.5) is 5.69 Å². The summed E-state index contributed by atoms with van der Waals surface area (Å²) in [7, 11) is -0.550. The van der Waals surface area contributed by atoms with Crippen molar-refractivity contribution in [3.63, 3.8) is 0 Å². The largest absolute Gasteiger partial charge is 0.322 e. The van der Waals surface area contributed by atoms with Gasteiger partial charge in [0.05, 0.1) is 4.90 Å². The summed E-state index contributed by atoms with van der Waals surface area (Å²) in [6.45, 7) is 0. The Balaban J connectivity index is 1.30. The van der Waals surface area contributed by atoms with Crippen LogP contribution in [-0.4, -0.2) is 37.6 Å². The van der Waals surface area contributed by atoms with Gasteiger partial charge in [0.15, 0.2) is 0 Å². The number of nitrogens with zero attached hydrogens (tertiary/aromatic N) is 1. The van der Waals surface area contributed by atoms with E-state index >= 15 is 0 Å². The van der Waals surface area contributed by atoms with Crippen LogP contribution in [0.3, 0.4) is 0 Å². The van der Waals surface area contributed by atoms with Crippen molar-refractivity contribution in [3.8, 4) is 0 Å². The molecule has 4 aliphatic rings. The Hall–Kier alpha value is -1.89. The number of carbonyl (C=O) groups excluding carboxylic acids is 1. The van der Waals surface area contributed by atoms with Gasteiger partial charge < -0.3 is 5.32 Å². The van der Waals surface area contributed by atoms with Crippen LogP contribution in [0, 0.1) is 11.8 Å². The van der Waals surface area contributed by atoms with Gasteiger partial charge in [-0.1, -0.05) is 12.1 Å². The highest BCUT2D eigenvalue weighted by atomic mass is 35.5. The Morgan fingerprint density at radius 2 is 1.56 bits per heavy atom. The SMILES string of the molecule is CN(C)S(=O)(=O)c1ccc(C(=O)Nc2ccc(C34CC5CC(CC(Cl)(C5)C3)C4)cc2)cc1. The van der Waals surface area contributed by atoms with Crippen LogP contribution >= 0.6 is 11.6 Å². The van der Waals surface area contributed by atoms with Crippen LogP contribution in [0.25, 0.3) is 0 Å². The number of anilines is 1. The minimum absolute atomic E-state index is 0.0246. The highest BCUT2D eigenvalue weighted by Gasteiger charge is 2.57. The van der Waals surface area contributed by atoms with Gasteiger partial charge in [0.2, 0.25) is 10.0 Å². The van der Waals surface area contributed by atoms with Crippen LogP contribution in [-0.2, 0) is 15.4 Å². The summed E-state index contributed by atoms with van der Waals surface area (Å²) in [5, 5.41) is 2.92. The van der Waals surface area contributed by atoms with Gasteiger partial charge in [-0.2, -0.15) is 0 Å². The first kappa shape index (κ1) is 21.9. The highest BCUT2D eigenvalue weighted by molar-refractivity contribution is 7.89. The zero-order valence-electron chi connectivity index (χ0n) is 18.5. The van der Waals surface area contributed by atoms with Crippen molar-refractivity contribution in [1.82, 2.24) is 4.31 Å². The molecule has 6 rings (SSSR count). The molecule has 32 heavy (non-hydrogen) atoms. The van der Waals surface area contributed by atoms with E-state index in [2.05, 4.69) is 17.4 Å². The third kappa shape index (κ3) is 3.76. The molecule has 0 aliphatic heterocycles. The Bertz CT molecular complexity index is 1130. The van der Waals surface area contributed by atoms with E-state index in [-0.39, 0.29) is 21.1 Å². The number of rotatable bonds is 5. The van der Waals surface area contributed by atoms with E-state index in [0.29, 0.717) is 5.56 Å². The average Bonchev–Trinajstić information content (AvgIpc) is 2.72. The molecule has 0 aromatic heterocycles. The lowest BCUT2D eigenvalue weighted by Crippen LogP contribution is -2.55. The van der Waals surface area contributed by atoms with Gasteiger partial charge in [-0.3, -0.25) is 4.79 Å². The molecular formula is C25H29ClN2O3S. The molecule has 2 aromatic carbocycles. The third-order valence-corrected chi connectivity index (χ3v) is 9.91. The maximum absolute atomic E-state index is 12.7. The predicted molar refractivity (Wildman–Crippen MR) is 127 cm³/mol. The normalized spacial score (nSPS) is 31.1. The number of benzene rings is 2. The number of sulfonamides is 1. The molecule has 4 fully saturated rings. The monoisotopic (exact) mass is 472 g/mol. The maximum atomic E-state index is 12.7. The van der Waals surface area contributed by atoms with Crippen molar-refractivity contribution in [2.24, 2.45) is 11.8 Å². The van der Waals surface area contributed by atoms with Gasteiger partial charge in [-0.25, -0.2) is 12.7 Å². The van der Waals surface area contributed by atoms with E-state index in [1.54, 1.807) is 0 Å². The van der Waals surface area contributed by atoms with Crippen molar-refractivity contribution >= 4 is 33.2 Å². The van der Waals surface area contributed by atoms with E-state index in [4.69, 9.17) is 11.6 Å². The van der Waals surface area contributed by atoms with Crippen LogP contribution in [0.5, 0.6) is 0 Å². The number of nitrogens with one attached hydrogen (secondary N) is 1. The fourth-order valence-corrected chi connectivity index (χ4v) is 8.18. The molecule has 2 unspecified atom stereocenters. The van der Waals surface area contributed by atoms with Crippen LogP contribution < -0.4 is 5.32 Å². The van der Waals surface area contributed by atoms with Crippen molar-refractivity contribution in [2.45, 2.75) is 53.7 Å². The third-order valence-electron chi connectivity index (χ3n) is 7.64. The van der Waals surface area contributed by atoms with Gasteiger partial charge in [0.1, 0.15) is 0 Å². The standard InChI is InChI=1S/C25H29ClN2O3S/c1-28(2)32(30,31)22-9-3-19(4-10-22)23(29)27-21-7-5-20(6-8-21)24-12-17-11-18(13-24)15-25(26,14-17)16-24/h3-10,17-18H,11-16H2,1-2H3,(H,27,29). The molecule has 0 heterocycles. The van der Waals surface area contributed by atoms with Crippen molar-refractivity contribution < 1.29 is 13.2 Å². The predicted octanol–water partition coefficient (Wildman–Crippen LogP) is 5.02. The number of halogens is 1. The highest BCUT2D eigenvalue weighted by Crippen LogP contribution is 2.64. The number of hydrogen-bond acceptors (Lipinski definition) is 3. The molecule has 170 valence electrons. The lowest BCUT2D eigenvalue weighted by molar-refractivity contribution is 0.00900.